The molecule has 7 nitrogen and oxygen atoms in total. The highest BCUT2D eigenvalue weighted by atomic mass is 32.2. The Labute approximate surface area is 182 Å². The minimum absolute atomic E-state index is 0.121. The van der Waals surface area contributed by atoms with Crippen LogP contribution in [0.3, 0.4) is 0 Å². The molecule has 1 unspecified atom stereocenters. The molecule has 0 radical (unpaired) electrons. The van der Waals surface area contributed by atoms with Crippen molar-refractivity contribution in [3.05, 3.63) is 53.8 Å². The Hall–Kier alpha value is -2.81. The number of ether oxygens (including phenoxy) is 2. The molecule has 1 atom stereocenters. The van der Waals surface area contributed by atoms with Crippen molar-refractivity contribution in [3.8, 4) is 11.5 Å². The minimum Gasteiger partial charge on any atom is -0.492 e. The number of sulfonamides is 1. The van der Waals surface area contributed by atoms with Gasteiger partial charge in [0.2, 0.25) is 10.0 Å². The van der Waals surface area contributed by atoms with Gasteiger partial charge < -0.3 is 14.8 Å². The number of nitrogens with zero attached hydrogens (tertiary/aromatic N) is 1. The third-order valence-corrected chi connectivity index (χ3v) is 6.02. The Morgan fingerprint density at radius 1 is 1.23 bits per heavy atom. The van der Waals surface area contributed by atoms with E-state index in [1.165, 1.54) is 28.6 Å². The Balaban J connectivity index is 1.67. The summed E-state index contributed by atoms with van der Waals surface area (Å²) in [6, 6.07) is 10.9. The molecule has 0 aliphatic carbocycles. The molecule has 3 rings (SSSR count). The number of amides is 1. The lowest BCUT2D eigenvalue weighted by Gasteiger charge is -2.35. The highest BCUT2D eigenvalue weighted by Crippen LogP contribution is 2.38. The van der Waals surface area contributed by atoms with Crippen LogP contribution >= 0.6 is 0 Å². The summed E-state index contributed by atoms with van der Waals surface area (Å²) >= 11 is 0. The lowest BCUT2D eigenvalue weighted by molar-refractivity contribution is -0.127. The molecule has 1 N–H and O–H groups in total. The van der Waals surface area contributed by atoms with Crippen LogP contribution in [0.4, 0.5) is 10.1 Å². The van der Waals surface area contributed by atoms with Gasteiger partial charge in [-0.05, 0) is 47.4 Å². The van der Waals surface area contributed by atoms with Crippen LogP contribution in [0.2, 0.25) is 0 Å². The number of anilines is 1. The number of hydrogen-bond acceptors (Lipinski definition) is 5. The van der Waals surface area contributed by atoms with E-state index in [0.29, 0.717) is 17.2 Å². The quantitative estimate of drug-likeness (QED) is 0.684. The number of benzene rings is 2. The molecule has 0 saturated heterocycles. The van der Waals surface area contributed by atoms with E-state index in [-0.39, 0.29) is 30.9 Å². The first-order valence-electron chi connectivity index (χ1n) is 9.90. The molecular weight excluding hydrogens is 423 g/mol. The monoisotopic (exact) mass is 450 g/mol. The summed E-state index contributed by atoms with van der Waals surface area (Å²) in [5.74, 6) is 0.0196. The van der Waals surface area contributed by atoms with Crippen LogP contribution in [0.25, 0.3) is 0 Å². The maximum absolute atomic E-state index is 12.9. The maximum atomic E-state index is 12.9. The number of rotatable bonds is 6. The van der Waals surface area contributed by atoms with Crippen molar-refractivity contribution in [1.82, 2.24) is 5.32 Å². The van der Waals surface area contributed by atoms with Gasteiger partial charge in [0, 0.05) is 0 Å². The molecule has 2 aromatic carbocycles. The number of hydrogen-bond donors (Lipinski definition) is 1. The summed E-state index contributed by atoms with van der Waals surface area (Å²) in [7, 11) is -3.61. The van der Waals surface area contributed by atoms with Gasteiger partial charge in [0.15, 0.2) is 6.10 Å². The van der Waals surface area contributed by atoms with Crippen LogP contribution in [0.15, 0.2) is 42.5 Å². The molecule has 1 amide bonds. The fourth-order valence-electron chi connectivity index (χ4n) is 3.16. The Bertz CT molecular complexity index is 1050. The van der Waals surface area contributed by atoms with E-state index >= 15 is 0 Å². The topological polar surface area (TPSA) is 84.9 Å². The van der Waals surface area contributed by atoms with Crippen molar-refractivity contribution in [2.75, 3.05) is 30.3 Å². The summed E-state index contributed by atoms with van der Waals surface area (Å²) in [6.45, 7) is 6.34. The number of halogens is 1. The van der Waals surface area contributed by atoms with Crippen molar-refractivity contribution in [2.24, 2.45) is 0 Å². The summed E-state index contributed by atoms with van der Waals surface area (Å²) in [4.78, 5) is 12.6. The highest BCUT2D eigenvalue weighted by molar-refractivity contribution is 7.92. The molecule has 2 aromatic rings. The lowest BCUT2D eigenvalue weighted by atomic mass is 9.86. The second kappa shape index (κ2) is 8.74. The number of nitrogens with one attached hydrogen (secondary N) is 1. The largest absolute Gasteiger partial charge is 0.492 e. The van der Waals surface area contributed by atoms with Gasteiger partial charge in [-0.1, -0.05) is 26.8 Å². The predicted octanol–water partition coefficient (Wildman–Crippen LogP) is 2.85. The van der Waals surface area contributed by atoms with Gasteiger partial charge in [-0.25, -0.2) is 12.8 Å². The third-order valence-electron chi connectivity index (χ3n) is 4.87. The summed E-state index contributed by atoms with van der Waals surface area (Å²) in [5, 5.41) is 2.69. The van der Waals surface area contributed by atoms with Gasteiger partial charge in [0.1, 0.15) is 23.9 Å². The molecule has 31 heavy (non-hydrogen) atoms. The molecule has 0 bridgehead atoms. The molecule has 0 spiro atoms. The van der Waals surface area contributed by atoms with Crippen molar-refractivity contribution < 1.29 is 27.1 Å². The predicted molar refractivity (Wildman–Crippen MR) is 117 cm³/mol. The molecule has 0 fully saturated rings. The van der Waals surface area contributed by atoms with Crippen LogP contribution in [0.5, 0.6) is 11.5 Å². The lowest BCUT2D eigenvalue weighted by Crippen LogP contribution is -2.51. The normalized spacial score (nSPS) is 16.3. The molecule has 0 saturated carbocycles. The Morgan fingerprint density at radius 3 is 2.52 bits per heavy atom. The first kappa shape index (κ1) is 22.9. The molecule has 1 aliphatic rings. The zero-order chi connectivity index (χ0) is 22.8. The first-order valence-corrected chi connectivity index (χ1v) is 11.7. The minimum atomic E-state index is -3.61. The van der Waals surface area contributed by atoms with Gasteiger partial charge in [0.05, 0.1) is 25.0 Å². The molecule has 168 valence electrons. The molecule has 9 heteroatoms. The highest BCUT2D eigenvalue weighted by Gasteiger charge is 2.35. The molecule has 0 aromatic heterocycles. The number of fused-ring (bicyclic) bond motifs is 1. The fourth-order valence-corrected chi connectivity index (χ4v) is 4.06. The van der Waals surface area contributed by atoms with E-state index in [1.54, 1.807) is 12.1 Å². The SMILES string of the molecule is CC(C)(C)c1ccc2c(c1)N(S(C)(=O)=O)CC(C(=O)NCCOc1ccc(F)cc1)O2. The van der Waals surface area contributed by atoms with Gasteiger partial charge in [-0.15, -0.1) is 0 Å². The summed E-state index contributed by atoms with van der Waals surface area (Å²) in [6.07, 6.45) is 0.116. The molecule has 1 heterocycles. The van der Waals surface area contributed by atoms with E-state index in [4.69, 9.17) is 9.47 Å². The zero-order valence-corrected chi connectivity index (χ0v) is 18.8. The van der Waals surface area contributed by atoms with E-state index in [0.717, 1.165) is 11.8 Å². The van der Waals surface area contributed by atoms with Gasteiger partial charge >= 0.3 is 0 Å². The zero-order valence-electron chi connectivity index (χ0n) is 18.0. The van der Waals surface area contributed by atoms with Crippen LogP contribution in [-0.2, 0) is 20.2 Å². The summed E-state index contributed by atoms with van der Waals surface area (Å²) < 4.78 is 50.2. The van der Waals surface area contributed by atoms with E-state index in [2.05, 4.69) is 5.32 Å². The van der Waals surface area contributed by atoms with Gasteiger partial charge in [-0.2, -0.15) is 0 Å². The first-order chi connectivity index (χ1) is 14.4. The maximum Gasteiger partial charge on any atom is 0.263 e. The number of carbonyl (C=O) groups is 1. The Morgan fingerprint density at radius 2 is 1.90 bits per heavy atom. The van der Waals surface area contributed by atoms with Crippen molar-refractivity contribution in [2.45, 2.75) is 32.3 Å². The van der Waals surface area contributed by atoms with Crippen LogP contribution in [0.1, 0.15) is 26.3 Å². The Kier molecular flexibility index (Phi) is 6.45. The van der Waals surface area contributed by atoms with Crippen molar-refractivity contribution in [1.29, 1.82) is 0 Å². The average Bonchev–Trinajstić information content (AvgIpc) is 2.69. The van der Waals surface area contributed by atoms with E-state index < -0.39 is 22.0 Å². The van der Waals surface area contributed by atoms with Gasteiger partial charge in [-0.3, -0.25) is 9.10 Å². The fraction of sp³-hybridized carbons (Fsp3) is 0.409. The average molecular weight is 451 g/mol. The number of carbonyl (C=O) groups excluding carboxylic acids is 1. The third kappa shape index (κ3) is 5.66. The van der Waals surface area contributed by atoms with Crippen molar-refractivity contribution >= 4 is 21.6 Å². The second-order valence-corrected chi connectivity index (χ2v) is 10.3. The molecular formula is C22H27FN2O5S. The molecule has 1 aliphatic heterocycles. The standard InChI is InChI=1S/C22H27FN2O5S/c1-22(2,3)15-5-10-19-18(13-15)25(31(4,27)28)14-20(30-19)21(26)24-11-12-29-17-8-6-16(23)7-9-17/h5-10,13,20H,11-12,14H2,1-4H3,(H,24,26). The van der Waals surface area contributed by atoms with Gasteiger partial charge in [0.25, 0.3) is 5.91 Å². The smallest absolute Gasteiger partial charge is 0.263 e. The van der Waals surface area contributed by atoms with Crippen LogP contribution < -0.4 is 19.1 Å². The second-order valence-electron chi connectivity index (χ2n) is 8.43. The van der Waals surface area contributed by atoms with Crippen LogP contribution in [-0.4, -0.2) is 46.4 Å². The summed E-state index contributed by atoms with van der Waals surface area (Å²) in [5.41, 5.74) is 1.22. The van der Waals surface area contributed by atoms with E-state index in [1.807, 2.05) is 26.8 Å². The van der Waals surface area contributed by atoms with Crippen molar-refractivity contribution in [3.63, 3.8) is 0 Å². The van der Waals surface area contributed by atoms with E-state index in [9.17, 15) is 17.6 Å². The van der Waals surface area contributed by atoms with Crippen LogP contribution in [0, 0.1) is 5.82 Å².